The van der Waals surface area contributed by atoms with Crippen LogP contribution in [0, 0.1) is 6.92 Å². The predicted molar refractivity (Wildman–Crippen MR) is 121 cm³/mol. The number of primary amides is 1. The molecule has 3 N–H and O–H groups in total. The lowest BCUT2D eigenvalue weighted by molar-refractivity contribution is -0.119. The summed E-state index contributed by atoms with van der Waals surface area (Å²) in [5.74, 6) is -3.87. The van der Waals surface area contributed by atoms with Crippen molar-refractivity contribution in [3.8, 4) is 5.75 Å². The van der Waals surface area contributed by atoms with E-state index in [0.29, 0.717) is 28.9 Å². The summed E-state index contributed by atoms with van der Waals surface area (Å²) in [4.78, 5) is 42.6. The van der Waals surface area contributed by atoms with Crippen molar-refractivity contribution in [1.82, 2.24) is 15.2 Å². The summed E-state index contributed by atoms with van der Waals surface area (Å²) < 4.78 is 31.6. The maximum absolute atomic E-state index is 13.4. The van der Waals surface area contributed by atoms with Crippen LogP contribution in [0.1, 0.15) is 76.8 Å². The van der Waals surface area contributed by atoms with Gasteiger partial charge in [-0.15, -0.1) is 0 Å². The number of fused-ring (bicyclic) bond motifs is 1. The number of carbonyl (C=O) groups is 3. The molecule has 8 nitrogen and oxygen atoms in total. The average molecular weight is 475 g/mol. The van der Waals surface area contributed by atoms with Gasteiger partial charge in [0.1, 0.15) is 11.4 Å². The molecule has 0 saturated carbocycles. The Bertz CT molecular complexity index is 1120. The van der Waals surface area contributed by atoms with Gasteiger partial charge < -0.3 is 20.7 Å². The van der Waals surface area contributed by atoms with E-state index in [-0.39, 0.29) is 24.1 Å². The summed E-state index contributed by atoms with van der Waals surface area (Å²) in [5, 5.41) is 2.72. The molecule has 3 rings (SSSR count). The standard InChI is InChI=1S/C24H28F2N4O4/c1-13-11-16(5-6-19(13)34-12-24(4,25)26)14(2)30-18(8-10-28-15(3)31)20-17(23(30)33)7-9-29-21(20)22(27)32/h5-7,9,11,14,18H,8,10,12H2,1-4H3,(H2,27,32)(H,28,31). The van der Waals surface area contributed by atoms with Crippen LogP contribution >= 0.6 is 0 Å². The van der Waals surface area contributed by atoms with Crippen LogP contribution in [0.2, 0.25) is 0 Å². The molecule has 1 aromatic heterocycles. The molecule has 1 aliphatic rings. The van der Waals surface area contributed by atoms with Crippen molar-refractivity contribution < 1.29 is 27.9 Å². The fourth-order valence-electron chi connectivity index (χ4n) is 4.19. The monoisotopic (exact) mass is 474 g/mol. The molecule has 0 fully saturated rings. The Kier molecular flexibility index (Phi) is 7.18. The number of hydrogen-bond donors (Lipinski definition) is 2. The molecule has 0 spiro atoms. The van der Waals surface area contributed by atoms with E-state index in [4.69, 9.17) is 10.5 Å². The number of nitrogens with zero attached hydrogens (tertiary/aromatic N) is 2. The molecule has 0 saturated heterocycles. The van der Waals surface area contributed by atoms with Crippen LogP contribution in [0.25, 0.3) is 0 Å². The summed E-state index contributed by atoms with van der Waals surface area (Å²) >= 11 is 0. The predicted octanol–water partition coefficient (Wildman–Crippen LogP) is 3.31. The summed E-state index contributed by atoms with van der Waals surface area (Å²) in [6.07, 6.45) is 1.72. The van der Waals surface area contributed by atoms with Crippen molar-refractivity contribution in [2.45, 2.75) is 52.1 Å². The van der Waals surface area contributed by atoms with Crippen molar-refractivity contribution in [1.29, 1.82) is 0 Å². The highest BCUT2D eigenvalue weighted by molar-refractivity contribution is 6.04. The van der Waals surface area contributed by atoms with Crippen molar-refractivity contribution in [2.24, 2.45) is 5.73 Å². The maximum atomic E-state index is 13.4. The van der Waals surface area contributed by atoms with E-state index in [9.17, 15) is 23.2 Å². The molecule has 1 aliphatic heterocycles. The summed E-state index contributed by atoms with van der Waals surface area (Å²) in [6, 6.07) is 5.66. The van der Waals surface area contributed by atoms with Crippen LogP contribution in [-0.4, -0.2) is 46.7 Å². The number of benzene rings is 1. The Hall–Kier alpha value is -3.56. The van der Waals surface area contributed by atoms with Crippen molar-refractivity contribution in [3.05, 3.63) is 58.4 Å². The number of ether oxygens (including phenoxy) is 1. The molecule has 10 heteroatoms. The van der Waals surface area contributed by atoms with Gasteiger partial charge in [-0.1, -0.05) is 12.1 Å². The Morgan fingerprint density at radius 1 is 1.32 bits per heavy atom. The second kappa shape index (κ2) is 9.74. The number of hydrogen-bond acceptors (Lipinski definition) is 5. The molecule has 1 aromatic carbocycles. The highest BCUT2D eigenvalue weighted by Gasteiger charge is 2.42. The molecule has 182 valence electrons. The smallest absolute Gasteiger partial charge is 0.278 e. The van der Waals surface area contributed by atoms with Crippen molar-refractivity contribution >= 4 is 17.7 Å². The van der Waals surface area contributed by atoms with Gasteiger partial charge in [-0.05, 0) is 43.5 Å². The second-order valence-corrected chi connectivity index (χ2v) is 8.54. The van der Waals surface area contributed by atoms with Crippen LogP contribution in [0.3, 0.4) is 0 Å². The van der Waals surface area contributed by atoms with E-state index in [2.05, 4.69) is 10.3 Å². The van der Waals surface area contributed by atoms with Gasteiger partial charge in [0.2, 0.25) is 5.91 Å². The number of halogens is 2. The lowest BCUT2D eigenvalue weighted by Gasteiger charge is -2.32. The zero-order valence-corrected chi connectivity index (χ0v) is 19.5. The minimum atomic E-state index is -2.96. The molecule has 2 unspecified atom stereocenters. The Balaban J connectivity index is 1.95. The quantitative estimate of drug-likeness (QED) is 0.579. The minimum absolute atomic E-state index is 0.0220. The van der Waals surface area contributed by atoms with E-state index in [0.717, 1.165) is 12.5 Å². The third-order valence-corrected chi connectivity index (χ3v) is 5.73. The summed E-state index contributed by atoms with van der Waals surface area (Å²) in [5.41, 5.74) is 7.74. The number of aryl methyl sites for hydroxylation is 1. The molecule has 0 bridgehead atoms. The maximum Gasteiger partial charge on any atom is 0.278 e. The number of nitrogens with two attached hydrogens (primary N) is 1. The van der Waals surface area contributed by atoms with E-state index in [1.165, 1.54) is 13.1 Å². The fourth-order valence-corrected chi connectivity index (χ4v) is 4.19. The van der Waals surface area contributed by atoms with E-state index >= 15 is 0 Å². The van der Waals surface area contributed by atoms with E-state index < -0.39 is 30.5 Å². The van der Waals surface area contributed by atoms with Crippen LogP contribution in [-0.2, 0) is 4.79 Å². The highest BCUT2D eigenvalue weighted by Crippen LogP contribution is 2.43. The first kappa shape index (κ1) is 25.1. The zero-order chi connectivity index (χ0) is 25.2. The highest BCUT2D eigenvalue weighted by atomic mass is 19.3. The molecule has 2 atom stereocenters. The third-order valence-electron chi connectivity index (χ3n) is 5.73. The Morgan fingerprint density at radius 3 is 2.62 bits per heavy atom. The normalized spacial score (nSPS) is 16.2. The summed E-state index contributed by atoms with van der Waals surface area (Å²) in [7, 11) is 0. The van der Waals surface area contributed by atoms with E-state index in [1.807, 2.05) is 6.92 Å². The van der Waals surface area contributed by atoms with Gasteiger partial charge in [-0.3, -0.25) is 19.4 Å². The SMILES string of the molecule is CC(=O)NCCC1c2c(ccnc2C(N)=O)C(=O)N1C(C)c1ccc(OCC(C)(F)F)c(C)c1. The van der Waals surface area contributed by atoms with Crippen molar-refractivity contribution in [2.75, 3.05) is 13.2 Å². The van der Waals surface area contributed by atoms with Crippen LogP contribution in [0.5, 0.6) is 5.75 Å². The minimum Gasteiger partial charge on any atom is -0.487 e. The second-order valence-electron chi connectivity index (χ2n) is 8.54. The number of aromatic nitrogens is 1. The number of alkyl halides is 2. The third kappa shape index (κ3) is 5.32. The van der Waals surface area contributed by atoms with E-state index in [1.54, 1.807) is 36.1 Å². The van der Waals surface area contributed by atoms with Crippen molar-refractivity contribution in [3.63, 3.8) is 0 Å². The lowest BCUT2D eigenvalue weighted by atomic mass is 9.98. The number of nitrogens with one attached hydrogen (secondary N) is 1. The molecule has 0 radical (unpaired) electrons. The molecule has 3 amide bonds. The number of amides is 3. The Labute approximate surface area is 196 Å². The summed E-state index contributed by atoms with van der Waals surface area (Å²) in [6.45, 7) is 5.29. The van der Waals surface area contributed by atoms with Crippen LogP contribution < -0.4 is 15.8 Å². The molecule has 2 heterocycles. The molecule has 34 heavy (non-hydrogen) atoms. The largest absolute Gasteiger partial charge is 0.487 e. The molecule has 2 aromatic rings. The zero-order valence-electron chi connectivity index (χ0n) is 19.5. The molecule has 0 aliphatic carbocycles. The first-order chi connectivity index (χ1) is 15.9. The number of carbonyl (C=O) groups excluding carboxylic acids is 3. The number of pyridine rings is 1. The van der Waals surface area contributed by atoms with Crippen LogP contribution in [0.15, 0.2) is 30.5 Å². The van der Waals surface area contributed by atoms with Gasteiger partial charge >= 0.3 is 0 Å². The first-order valence-corrected chi connectivity index (χ1v) is 10.9. The fraction of sp³-hybridized carbons (Fsp3) is 0.417. The Morgan fingerprint density at radius 2 is 2.03 bits per heavy atom. The van der Waals surface area contributed by atoms with Gasteiger partial charge in [0, 0.05) is 37.7 Å². The number of rotatable bonds is 9. The van der Waals surface area contributed by atoms with Gasteiger partial charge in [-0.2, -0.15) is 0 Å². The van der Waals surface area contributed by atoms with Gasteiger partial charge in [0.05, 0.1) is 12.1 Å². The van der Waals surface area contributed by atoms with Gasteiger partial charge in [-0.25, -0.2) is 8.78 Å². The molecular formula is C24H28F2N4O4. The molecular weight excluding hydrogens is 446 g/mol. The van der Waals surface area contributed by atoms with Gasteiger partial charge in [0.25, 0.3) is 17.7 Å². The topological polar surface area (TPSA) is 115 Å². The van der Waals surface area contributed by atoms with Gasteiger partial charge in [0.15, 0.2) is 6.61 Å². The first-order valence-electron chi connectivity index (χ1n) is 10.9. The lowest BCUT2D eigenvalue weighted by Crippen LogP contribution is -2.34. The average Bonchev–Trinajstić information content (AvgIpc) is 3.03. The van der Waals surface area contributed by atoms with Crippen LogP contribution in [0.4, 0.5) is 8.78 Å².